The summed E-state index contributed by atoms with van der Waals surface area (Å²) in [6.07, 6.45) is 4.38. The number of furan rings is 1. The van der Waals surface area contributed by atoms with Crippen molar-refractivity contribution in [1.29, 1.82) is 0 Å². The zero-order valence-electron chi connectivity index (χ0n) is 11.6. The Bertz CT molecular complexity index is 489. The van der Waals surface area contributed by atoms with Gasteiger partial charge in [-0.1, -0.05) is 45.4 Å². The molecule has 0 spiro atoms. The summed E-state index contributed by atoms with van der Waals surface area (Å²) in [5.41, 5.74) is 2.28. The van der Waals surface area contributed by atoms with Gasteiger partial charge in [0.15, 0.2) is 0 Å². The van der Waals surface area contributed by atoms with Crippen molar-refractivity contribution in [3.63, 3.8) is 0 Å². The molecule has 2 aromatic rings. The molecule has 2 nitrogen and oxygen atoms in total. The molecule has 1 N–H and O–H groups in total. The maximum Gasteiger partial charge on any atom is 0.134 e. The lowest BCUT2D eigenvalue weighted by atomic mass is 9.91. The molecular weight excluding hydrogens is 222 g/mol. The maximum atomic E-state index is 5.66. The molecule has 0 saturated heterocycles. The summed E-state index contributed by atoms with van der Waals surface area (Å²) >= 11 is 0. The molecule has 0 aliphatic carbocycles. The van der Waals surface area contributed by atoms with E-state index in [1.165, 1.54) is 23.8 Å². The van der Waals surface area contributed by atoms with Gasteiger partial charge in [0.2, 0.25) is 0 Å². The molecule has 1 aromatic carbocycles. The Kier molecular flexibility index (Phi) is 4.43. The minimum absolute atomic E-state index is 0.388. The molecular formula is C16H23NO. The quantitative estimate of drug-likeness (QED) is 0.809. The predicted octanol–water partition coefficient (Wildman–Crippen LogP) is 4.52. The van der Waals surface area contributed by atoms with Crippen LogP contribution in [0.1, 0.15) is 45.2 Å². The second kappa shape index (κ2) is 6.05. The van der Waals surface area contributed by atoms with Crippen LogP contribution in [0.2, 0.25) is 0 Å². The van der Waals surface area contributed by atoms with E-state index in [1.54, 1.807) is 0 Å². The van der Waals surface area contributed by atoms with Crippen LogP contribution in [0.25, 0.3) is 11.0 Å². The first-order valence-electron chi connectivity index (χ1n) is 6.97. The standard InChI is InChI=1S/C16H23NO/c1-4-8-12(3)16(17-5-2)14-11-18-15-10-7-6-9-13(14)15/h6-7,9-12,16-17H,4-5,8H2,1-3H3. The highest BCUT2D eigenvalue weighted by Gasteiger charge is 2.21. The molecule has 0 radical (unpaired) electrons. The van der Waals surface area contributed by atoms with Crippen molar-refractivity contribution in [2.75, 3.05) is 6.54 Å². The topological polar surface area (TPSA) is 25.2 Å². The van der Waals surface area contributed by atoms with Crippen LogP contribution < -0.4 is 5.32 Å². The van der Waals surface area contributed by atoms with E-state index in [2.05, 4.69) is 38.2 Å². The van der Waals surface area contributed by atoms with Crippen molar-refractivity contribution >= 4 is 11.0 Å². The molecule has 2 atom stereocenters. The number of fused-ring (bicyclic) bond motifs is 1. The van der Waals surface area contributed by atoms with Crippen LogP contribution in [0.3, 0.4) is 0 Å². The molecule has 18 heavy (non-hydrogen) atoms. The second-order valence-corrected chi connectivity index (χ2v) is 4.99. The Morgan fingerprint density at radius 3 is 2.72 bits per heavy atom. The zero-order valence-corrected chi connectivity index (χ0v) is 11.6. The van der Waals surface area contributed by atoms with Crippen LogP contribution >= 0.6 is 0 Å². The summed E-state index contributed by atoms with van der Waals surface area (Å²) in [4.78, 5) is 0. The third kappa shape index (κ3) is 2.59. The number of hydrogen-bond acceptors (Lipinski definition) is 2. The fourth-order valence-electron chi connectivity index (χ4n) is 2.70. The summed E-state index contributed by atoms with van der Waals surface area (Å²) < 4.78 is 5.66. The lowest BCUT2D eigenvalue weighted by Gasteiger charge is -2.24. The van der Waals surface area contributed by atoms with E-state index in [1.807, 2.05) is 18.4 Å². The Balaban J connectivity index is 2.35. The SMILES string of the molecule is CCCC(C)C(NCC)c1coc2ccccc12. The summed E-state index contributed by atoms with van der Waals surface area (Å²) in [5.74, 6) is 0.621. The van der Waals surface area contributed by atoms with Crippen LogP contribution in [-0.2, 0) is 0 Å². The highest BCUT2D eigenvalue weighted by Crippen LogP contribution is 2.32. The van der Waals surface area contributed by atoms with Crippen molar-refractivity contribution in [3.05, 3.63) is 36.1 Å². The van der Waals surface area contributed by atoms with E-state index in [4.69, 9.17) is 4.42 Å². The largest absolute Gasteiger partial charge is 0.464 e. The first kappa shape index (κ1) is 13.2. The van der Waals surface area contributed by atoms with Crippen molar-refractivity contribution in [1.82, 2.24) is 5.32 Å². The van der Waals surface area contributed by atoms with Gasteiger partial charge in [-0.25, -0.2) is 0 Å². The third-order valence-electron chi connectivity index (χ3n) is 3.58. The summed E-state index contributed by atoms with van der Waals surface area (Å²) in [6, 6.07) is 8.67. The van der Waals surface area contributed by atoms with Gasteiger partial charge in [0, 0.05) is 17.0 Å². The van der Waals surface area contributed by atoms with E-state index >= 15 is 0 Å². The smallest absolute Gasteiger partial charge is 0.134 e. The van der Waals surface area contributed by atoms with Crippen molar-refractivity contribution in [3.8, 4) is 0 Å². The number of benzene rings is 1. The Morgan fingerprint density at radius 1 is 1.22 bits per heavy atom. The van der Waals surface area contributed by atoms with Gasteiger partial charge in [0.25, 0.3) is 0 Å². The Hall–Kier alpha value is -1.28. The van der Waals surface area contributed by atoms with Crippen LogP contribution in [-0.4, -0.2) is 6.54 Å². The Morgan fingerprint density at radius 2 is 2.00 bits per heavy atom. The highest BCUT2D eigenvalue weighted by atomic mass is 16.3. The molecule has 1 aromatic heterocycles. The van der Waals surface area contributed by atoms with Crippen molar-refractivity contribution < 1.29 is 4.42 Å². The summed E-state index contributed by atoms with van der Waals surface area (Å²) in [7, 11) is 0. The van der Waals surface area contributed by atoms with Gasteiger partial charge in [-0.3, -0.25) is 0 Å². The molecule has 2 unspecified atom stereocenters. The molecule has 1 heterocycles. The monoisotopic (exact) mass is 245 g/mol. The lowest BCUT2D eigenvalue weighted by molar-refractivity contribution is 0.368. The van der Waals surface area contributed by atoms with Crippen LogP contribution in [0.5, 0.6) is 0 Å². The first-order chi connectivity index (χ1) is 8.77. The highest BCUT2D eigenvalue weighted by molar-refractivity contribution is 5.81. The average molecular weight is 245 g/mol. The van der Waals surface area contributed by atoms with Gasteiger partial charge >= 0.3 is 0 Å². The molecule has 2 heteroatoms. The Labute approximate surface area is 109 Å². The predicted molar refractivity (Wildman–Crippen MR) is 76.7 cm³/mol. The van der Waals surface area contributed by atoms with Gasteiger partial charge in [0.1, 0.15) is 5.58 Å². The van der Waals surface area contributed by atoms with Crippen molar-refractivity contribution in [2.24, 2.45) is 5.92 Å². The van der Waals surface area contributed by atoms with E-state index in [0.29, 0.717) is 12.0 Å². The zero-order chi connectivity index (χ0) is 13.0. The van der Waals surface area contributed by atoms with E-state index in [0.717, 1.165) is 12.1 Å². The minimum atomic E-state index is 0.388. The van der Waals surface area contributed by atoms with E-state index in [-0.39, 0.29) is 0 Å². The normalized spacial score (nSPS) is 14.8. The van der Waals surface area contributed by atoms with Gasteiger partial charge in [-0.2, -0.15) is 0 Å². The van der Waals surface area contributed by atoms with Crippen LogP contribution in [0, 0.1) is 5.92 Å². The number of hydrogen-bond donors (Lipinski definition) is 1. The minimum Gasteiger partial charge on any atom is -0.464 e. The van der Waals surface area contributed by atoms with Gasteiger partial charge in [-0.15, -0.1) is 0 Å². The molecule has 0 bridgehead atoms. The van der Waals surface area contributed by atoms with Gasteiger partial charge < -0.3 is 9.73 Å². The third-order valence-corrected chi connectivity index (χ3v) is 3.58. The van der Waals surface area contributed by atoms with Crippen LogP contribution in [0.4, 0.5) is 0 Å². The molecule has 0 aliphatic heterocycles. The summed E-state index contributed by atoms with van der Waals surface area (Å²) in [5, 5.41) is 4.84. The number of rotatable bonds is 6. The van der Waals surface area contributed by atoms with Gasteiger partial charge in [-0.05, 0) is 24.9 Å². The molecule has 2 rings (SSSR count). The second-order valence-electron chi connectivity index (χ2n) is 4.99. The van der Waals surface area contributed by atoms with E-state index < -0.39 is 0 Å². The van der Waals surface area contributed by atoms with Crippen LogP contribution in [0.15, 0.2) is 34.9 Å². The molecule has 0 aliphatic rings. The van der Waals surface area contributed by atoms with E-state index in [9.17, 15) is 0 Å². The fraction of sp³-hybridized carbons (Fsp3) is 0.500. The summed E-state index contributed by atoms with van der Waals surface area (Å²) in [6.45, 7) is 7.71. The molecule has 0 fully saturated rings. The van der Waals surface area contributed by atoms with Crippen molar-refractivity contribution in [2.45, 2.75) is 39.7 Å². The molecule has 0 saturated carbocycles. The number of para-hydroxylation sites is 1. The number of nitrogens with one attached hydrogen (secondary N) is 1. The lowest BCUT2D eigenvalue weighted by Crippen LogP contribution is -2.26. The van der Waals surface area contributed by atoms with Gasteiger partial charge in [0.05, 0.1) is 6.26 Å². The fourth-order valence-corrected chi connectivity index (χ4v) is 2.70. The first-order valence-corrected chi connectivity index (χ1v) is 6.97. The maximum absolute atomic E-state index is 5.66. The molecule has 98 valence electrons. The molecule has 0 amide bonds. The average Bonchev–Trinajstić information content (AvgIpc) is 2.80.